The van der Waals surface area contributed by atoms with Crippen LogP contribution in [0.2, 0.25) is 0 Å². The molecular formula is C19H25N7OS. The number of carbonyl (C=O) groups excluding carboxylic acids is 1. The molecule has 28 heavy (non-hydrogen) atoms. The Balaban J connectivity index is 1.66. The van der Waals surface area contributed by atoms with E-state index in [9.17, 15) is 4.79 Å². The molecule has 0 aromatic carbocycles. The van der Waals surface area contributed by atoms with Crippen LogP contribution in [0, 0.1) is 6.92 Å². The first-order valence-electron chi connectivity index (χ1n) is 9.68. The second-order valence-electron chi connectivity index (χ2n) is 7.03. The number of hydrogen-bond donors (Lipinski definition) is 0. The Kier molecular flexibility index (Phi) is 5.09. The highest BCUT2D eigenvalue weighted by Gasteiger charge is 2.28. The molecule has 8 nitrogen and oxygen atoms in total. The minimum Gasteiger partial charge on any atom is -0.342 e. The SMILES string of the molecule is CCC(=O)N1CC[C@H](Sc2ncnc3c2nc(-c2cnn(CC)c2C)n3C)C1. The van der Waals surface area contributed by atoms with E-state index in [-0.39, 0.29) is 5.91 Å². The molecule has 1 aliphatic rings. The lowest BCUT2D eigenvalue weighted by Gasteiger charge is -2.15. The van der Waals surface area contributed by atoms with Crippen molar-refractivity contribution in [3.63, 3.8) is 0 Å². The van der Waals surface area contributed by atoms with Gasteiger partial charge in [0.25, 0.3) is 0 Å². The molecule has 4 heterocycles. The van der Waals surface area contributed by atoms with Crippen molar-refractivity contribution >= 4 is 28.8 Å². The summed E-state index contributed by atoms with van der Waals surface area (Å²) in [4.78, 5) is 27.8. The van der Waals surface area contributed by atoms with Crippen LogP contribution in [0.4, 0.5) is 0 Å². The molecule has 1 aliphatic heterocycles. The summed E-state index contributed by atoms with van der Waals surface area (Å²) in [6, 6.07) is 0. The third kappa shape index (κ3) is 3.17. The summed E-state index contributed by atoms with van der Waals surface area (Å²) in [7, 11) is 1.98. The summed E-state index contributed by atoms with van der Waals surface area (Å²) < 4.78 is 3.97. The van der Waals surface area contributed by atoms with E-state index in [2.05, 4.69) is 28.9 Å². The van der Waals surface area contributed by atoms with Gasteiger partial charge in [0.15, 0.2) is 5.65 Å². The molecule has 0 N–H and O–H groups in total. The first-order chi connectivity index (χ1) is 13.5. The number of imidazole rings is 1. The Morgan fingerprint density at radius 1 is 1.32 bits per heavy atom. The van der Waals surface area contributed by atoms with Crippen molar-refractivity contribution in [3.05, 3.63) is 18.2 Å². The summed E-state index contributed by atoms with van der Waals surface area (Å²) in [5.41, 5.74) is 3.73. The van der Waals surface area contributed by atoms with E-state index >= 15 is 0 Å². The minimum atomic E-state index is 0.222. The van der Waals surface area contributed by atoms with Crippen LogP contribution in [0.15, 0.2) is 17.6 Å². The van der Waals surface area contributed by atoms with E-state index in [1.165, 1.54) is 0 Å². The fourth-order valence-corrected chi connectivity index (χ4v) is 4.87. The summed E-state index contributed by atoms with van der Waals surface area (Å²) >= 11 is 1.70. The van der Waals surface area contributed by atoms with Gasteiger partial charge in [0.2, 0.25) is 5.91 Å². The van der Waals surface area contributed by atoms with Gasteiger partial charge in [-0.25, -0.2) is 15.0 Å². The Morgan fingerprint density at radius 3 is 2.86 bits per heavy atom. The summed E-state index contributed by atoms with van der Waals surface area (Å²) in [5.74, 6) is 1.07. The van der Waals surface area contributed by atoms with Crippen molar-refractivity contribution < 1.29 is 4.79 Å². The molecule has 9 heteroatoms. The number of carbonyl (C=O) groups is 1. The molecular weight excluding hydrogens is 374 g/mol. The maximum absolute atomic E-state index is 12.0. The summed E-state index contributed by atoms with van der Waals surface area (Å²) in [6.07, 6.45) is 5.00. The molecule has 148 valence electrons. The number of amides is 1. The topological polar surface area (TPSA) is 81.7 Å². The highest BCUT2D eigenvalue weighted by atomic mass is 32.2. The van der Waals surface area contributed by atoms with Crippen molar-refractivity contribution in [2.75, 3.05) is 13.1 Å². The minimum absolute atomic E-state index is 0.222. The average Bonchev–Trinajstić information content (AvgIpc) is 3.40. The maximum Gasteiger partial charge on any atom is 0.222 e. The lowest BCUT2D eigenvalue weighted by Crippen LogP contribution is -2.28. The van der Waals surface area contributed by atoms with Crippen LogP contribution >= 0.6 is 11.8 Å². The van der Waals surface area contributed by atoms with Gasteiger partial charge in [-0.2, -0.15) is 5.10 Å². The van der Waals surface area contributed by atoms with Gasteiger partial charge in [-0.05, 0) is 20.3 Å². The van der Waals surface area contributed by atoms with E-state index in [1.807, 2.05) is 34.3 Å². The van der Waals surface area contributed by atoms with Gasteiger partial charge >= 0.3 is 0 Å². The number of hydrogen-bond acceptors (Lipinski definition) is 6. The molecule has 3 aromatic heterocycles. The second-order valence-corrected chi connectivity index (χ2v) is 8.32. The monoisotopic (exact) mass is 399 g/mol. The predicted octanol–water partition coefficient (Wildman–Crippen LogP) is 2.66. The zero-order valence-corrected chi connectivity index (χ0v) is 17.5. The van der Waals surface area contributed by atoms with Crippen LogP contribution in [-0.2, 0) is 18.4 Å². The normalized spacial score (nSPS) is 17.0. The number of fused-ring (bicyclic) bond motifs is 1. The van der Waals surface area contributed by atoms with Crippen LogP contribution in [0.3, 0.4) is 0 Å². The Bertz CT molecular complexity index is 1020. The summed E-state index contributed by atoms with van der Waals surface area (Å²) in [6.45, 7) is 8.46. The lowest BCUT2D eigenvalue weighted by molar-refractivity contribution is -0.129. The average molecular weight is 400 g/mol. The molecule has 0 bridgehead atoms. The molecule has 0 saturated carbocycles. The van der Waals surface area contributed by atoms with E-state index in [0.717, 1.165) is 59.3 Å². The molecule has 3 aromatic rings. The molecule has 1 saturated heterocycles. The van der Waals surface area contributed by atoms with Gasteiger partial charge in [-0.15, -0.1) is 0 Å². The highest BCUT2D eigenvalue weighted by Crippen LogP contribution is 2.34. The number of nitrogens with zero attached hydrogens (tertiary/aromatic N) is 7. The first kappa shape index (κ1) is 18.9. The zero-order chi connectivity index (χ0) is 19.8. The Morgan fingerprint density at radius 2 is 2.14 bits per heavy atom. The second kappa shape index (κ2) is 7.54. The molecule has 1 amide bonds. The van der Waals surface area contributed by atoms with Gasteiger partial charge in [-0.1, -0.05) is 18.7 Å². The zero-order valence-electron chi connectivity index (χ0n) is 16.7. The fraction of sp³-hybridized carbons (Fsp3) is 0.526. The number of thioether (sulfide) groups is 1. The molecule has 4 rings (SSSR count). The number of aryl methyl sites for hydroxylation is 2. The quantitative estimate of drug-likeness (QED) is 0.614. The van der Waals surface area contributed by atoms with Gasteiger partial charge < -0.3 is 9.47 Å². The van der Waals surface area contributed by atoms with Gasteiger partial charge in [-0.3, -0.25) is 9.48 Å². The van der Waals surface area contributed by atoms with Crippen molar-refractivity contribution in [2.45, 2.75) is 50.4 Å². The number of aromatic nitrogens is 6. The molecule has 0 aliphatic carbocycles. The fourth-order valence-electron chi connectivity index (χ4n) is 3.72. The Hall–Kier alpha value is -2.42. The molecule has 1 fully saturated rings. The Labute approximate surface area is 168 Å². The summed E-state index contributed by atoms with van der Waals surface area (Å²) in [5, 5.41) is 5.66. The van der Waals surface area contributed by atoms with Gasteiger partial charge in [0.1, 0.15) is 22.7 Å². The van der Waals surface area contributed by atoms with Gasteiger partial charge in [0, 0.05) is 44.0 Å². The van der Waals surface area contributed by atoms with Crippen molar-refractivity contribution in [2.24, 2.45) is 7.05 Å². The van der Waals surface area contributed by atoms with E-state index < -0.39 is 0 Å². The van der Waals surface area contributed by atoms with Crippen LogP contribution in [0.5, 0.6) is 0 Å². The molecule has 0 spiro atoms. The van der Waals surface area contributed by atoms with Gasteiger partial charge in [0.05, 0.1) is 11.8 Å². The largest absolute Gasteiger partial charge is 0.342 e. The van der Waals surface area contributed by atoms with Crippen molar-refractivity contribution in [1.82, 2.24) is 34.2 Å². The smallest absolute Gasteiger partial charge is 0.222 e. The predicted molar refractivity (Wildman–Crippen MR) is 109 cm³/mol. The molecule has 0 radical (unpaired) electrons. The molecule has 1 atom stereocenters. The lowest BCUT2D eigenvalue weighted by atomic mass is 10.2. The van der Waals surface area contributed by atoms with Crippen LogP contribution in [-0.4, -0.2) is 58.4 Å². The third-order valence-electron chi connectivity index (χ3n) is 5.34. The molecule has 0 unspecified atom stereocenters. The highest BCUT2D eigenvalue weighted by molar-refractivity contribution is 8.00. The van der Waals surface area contributed by atoms with E-state index in [1.54, 1.807) is 18.1 Å². The van der Waals surface area contributed by atoms with Crippen LogP contribution < -0.4 is 0 Å². The van der Waals surface area contributed by atoms with Crippen molar-refractivity contribution in [1.29, 1.82) is 0 Å². The first-order valence-corrected chi connectivity index (χ1v) is 10.6. The van der Waals surface area contributed by atoms with E-state index in [0.29, 0.717) is 11.7 Å². The van der Waals surface area contributed by atoms with Crippen LogP contribution in [0.1, 0.15) is 32.4 Å². The maximum atomic E-state index is 12.0. The van der Waals surface area contributed by atoms with Crippen LogP contribution in [0.25, 0.3) is 22.6 Å². The number of likely N-dealkylation sites (tertiary alicyclic amines) is 1. The van der Waals surface area contributed by atoms with E-state index in [4.69, 9.17) is 4.98 Å². The third-order valence-corrected chi connectivity index (χ3v) is 6.58. The van der Waals surface area contributed by atoms with Crippen molar-refractivity contribution in [3.8, 4) is 11.4 Å². The number of rotatable bonds is 5. The standard InChI is InChI=1S/C19H25N7OS/c1-5-15(27)25-8-7-13(10-25)28-19-16-18(20-11-21-19)24(4)17(23-16)14-9-22-26(6-2)12(14)3/h9,11,13H,5-8,10H2,1-4H3/t13-/m0/s1.